The van der Waals surface area contributed by atoms with Gasteiger partial charge in [0.2, 0.25) is 0 Å². The highest BCUT2D eigenvalue weighted by Crippen LogP contribution is 2.51. The molecule has 1 aliphatic rings. The highest BCUT2D eigenvalue weighted by molar-refractivity contribution is 5.87. The summed E-state index contributed by atoms with van der Waals surface area (Å²) in [7, 11) is 0. The molecule has 0 fully saturated rings. The quantitative estimate of drug-likeness (QED) is 0.128. The Hall–Kier alpha value is -8.98. The van der Waals surface area contributed by atoms with E-state index in [0.29, 0.717) is 0 Å². The summed E-state index contributed by atoms with van der Waals surface area (Å²) in [4.78, 5) is 4.73. The van der Waals surface area contributed by atoms with Gasteiger partial charge in [0, 0.05) is 39.5 Å². The largest absolute Gasteiger partial charge is 0.311 e. The Labute approximate surface area is 418 Å². The number of rotatable bonds is 11. The number of anilines is 6. The molecule has 0 N–H and O–H groups in total. The summed E-state index contributed by atoms with van der Waals surface area (Å²) in [5, 5.41) is 0. The van der Waals surface area contributed by atoms with Gasteiger partial charge in [0.15, 0.2) is 0 Å². The zero-order valence-corrected chi connectivity index (χ0v) is 40.0. The molecule has 0 amide bonds. The number of hydrogen-bond acceptors (Lipinski definition) is 2. The predicted molar refractivity (Wildman–Crippen MR) is 301 cm³/mol. The summed E-state index contributed by atoms with van der Waals surface area (Å²) in [6, 6.07) is 101. The van der Waals surface area contributed by atoms with E-state index in [4.69, 9.17) is 0 Å². The second-order valence-corrected chi connectivity index (χ2v) is 19.0. The zero-order valence-electron chi connectivity index (χ0n) is 40.0. The van der Waals surface area contributed by atoms with Gasteiger partial charge in [-0.3, -0.25) is 0 Å². The van der Waals surface area contributed by atoms with Crippen LogP contribution < -0.4 is 9.80 Å². The van der Waals surface area contributed by atoms with E-state index in [1.54, 1.807) is 0 Å². The zero-order chi connectivity index (χ0) is 47.7. The molecule has 0 spiro atoms. The Morgan fingerprint density at radius 3 is 0.789 bits per heavy atom. The third-order valence-electron chi connectivity index (χ3n) is 14.3. The predicted octanol–water partition coefficient (Wildman–Crippen LogP) is 19.3. The second-order valence-electron chi connectivity index (χ2n) is 19.0. The first-order chi connectivity index (χ1) is 34.9. The Morgan fingerprint density at radius 2 is 0.451 bits per heavy atom. The molecule has 0 aliphatic heterocycles. The molecule has 0 saturated heterocycles. The third kappa shape index (κ3) is 8.41. The fourth-order valence-electron chi connectivity index (χ4n) is 10.5. The van der Waals surface area contributed by atoms with Crippen molar-refractivity contribution in [2.45, 2.75) is 19.3 Å². The molecule has 0 aromatic heterocycles. The van der Waals surface area contributed by atoms with E-state index in [2.05, 4.69) is 303 Å². The molecule has 11 aromatic rings. The first-order valence-corrected chi connectivity index (χ1v) is 24.6. The highest BCUT2D eigenvalue weighted by atomic mass is 15.1. The first-order valence-electron chi connectivity index (χ1n) is 24.6. The molecule has 338 valence electrons. The lowest BCUT2D eigenvalue weighted by atomic mass is 9.82. The van der Waals surface area contributed by atoms with Crippen LogP contribution in [0.2, 0.25) is 0 Å². The molecule has 0 radical (unpaired) electrons. The van der Waals surface area contributed by atoms with Crippen molar-refractivity contribution in [1.29, 1.82) is 0 Å². The molecule has 2 heteroatoms. The number of nitrogens with zero attached hydrogens (tertiary/aromatic N) is 2. The standard InChI is InChI=1S/C69H52N2/c1-69(2)67-21-13-12-20-65(67)66-47-46-64(48-68(66)69)71(62-42-30-56(31-43-62)51-18-10-5-11-19-51)63-44-34-58(35-45-63)53-24-22-52(23-25-53)57-32-40-61(41-33-57)70(59-36-26-54(27-37-59)49-14-6-3-7-15-49)60-38-28-55(29-39-60)50-16-8-4-9-17-50/h3-48H,1-2H3. The van der Waals surface area contributed by atoms with Crippen LogP contribution in [-0.2, 0) is 5.41 Å². The van der Waals surface area contributed by atoms with Gasteiger partial charge in [0.25, 0.3) is 0 Å². The van der Waals surface area contributed by atoms with Gasteiger partial charge < -0.3 is 9.80 Å². The molecule has 0 heterocycles. The van der Waals surface area contributed by atoms with Crippen molar-refractivity contribution in [2.24, 2.45) is 0 Å². The van der Waals surface area contributed by atoms with Crippen molar-refractivity contribution < 1.29 is 0 Å². The molecule has 0 bridgehead atoms. The Morgan fingerprint density at radius 1 is 0.211 bits per heavy atom. The topological polar surface area (TPSA) is 6.48 Å². The minimum Gasteiger partial charge on any atom is -0.311 e. The maximum absolute atomic E-state index is 2.41. The minimum atomic E-state index is -0.102. The van der Waals surface area contributed by atoms with E-state index in [1.165, 1.54) is 77.9 Å². The van der Waals surface area contributed by atoms with Crippen LogP contribution in [0.5, 0.6) is 0 Å². The van der Waals surface area contributed by atoms with Crippen LogP contribution >= 0.6 is 0 Å². The molecule has 71 heavy (non-hydrogen) atoms. The Bertz CT molecular complexity index is 3500. The molecule has 0 atom stereocenters. The van der Waals surface area contributed by atoms with Gasteiger partial charge in [-0.15, -0.1) is 0 Å². The van der Waals surface area contributed by atoms with Crippen LogP contribution in [0.15, 0.2) is 279 Å². The Balaban J connectivity index is 0.824. The smallest absolute Gasteiger partial charge is 0.0465 e. The lowest BCUT2D eigenvalue weighted by molar-refractivity contribution is 0.660. The van der Waals surface area contributed by atoms with E-state index in [9.17, 15) is 0 Å². The highest BCUT2D eigenvalue weighted by Gasteiger charge is 2.35. The van der Waals surface area contributed by atoms with Gasteiger partial charge in [-0.1, -0.05) is 220 Å². The fourth-order valence-corrected chi connectivity index (χ4v) is 10.5. The van der Waals surface area contributed by atoms with Crippen molar-refractivity contribution in [2.75, 3.05) is 9.80 Å². The van der Waals surface area contributed by atoms with Crippen LogP contribution in [0.4, 0.5) is 34.1 Å². The monoisotopic (exact) mass is 908 g/mol. The van der Waals surface area contributed by atoms with Gasteiger partial charge >= 0.3 is 0 Å². The minimum absolute atomic E-state index is 0.102. The van der Waals surface area contributed by atoms with Crippen LogP contribution in [0.1, 0.15) is 25.0 Å². The maximum atomic E-state index is 2.41. The first kappa shape index (κ1) is 43.3. The van der Waals surface area contributed by atoms with Crippen molar-refractivity contribution in [3.63, 3.8) is 0 Å². The number of fused-ring (bicyclic) bond motifs is 3. The molecule has 0 saturated carbocycles. The summed E-state index contributed by atoms with van der Waals surface area (Å²) in [5.74, 6) is 0. The van der Waals surface area contributed by atoms with Gasteiger partial charge in [-0.05, 0) is 151 Å². The van der Waals surface area contributed by atoms with Crippen LogP contribution in [0, 0.1) is 0 Å². The van der Waals surface area contributed by atoms with Crippen molar-refractivity contribution in [3.05, 3.63) is 290 Å². The average molecular weight is 909 g/mol. The van der Waals surface area contributed by atoms with Crippen LogP contribution in [-0.4, -0.2) is 0 Å². The van der Waals surface area contributed by atoms with E-state index >= 15 is 0 Å². The normalized spacial score (nSPS) is 12.2. The van der Waals surface area contributed by atoms with Gasteiger partial charge in [-0.25, -0.2) is 0 Å². The van der Waals surface area contributed by atoms with Gasteiger partial charge in [-0.2, -0.15) is 0 Å². The van der Waals surface area contributed by atoms with E-state index in [0.717, 1.165) is 34.1 Å². The Kier molecular flexibility index (Phi) is 11.3. The van der Waals surface area contributed by atoms with Gasteiger partial charge in [0.05, 0.1) is 0 Å². The van der Waals surface area contributed by atoms with Gasteiger partial charge in [0.1, 0.15) is 0 Å². The average Bonchev–Trinajstić information content (AvgIpc) is 3.67. The van der Waals surface area contributed by atoms with Crippen molar-refractivity contribution >= 4 is 34.1 Å². The van der Waals surface area contributed by atoms with Crippen molar-refractivity contribution in [1.82, 2.24) is 0 Å². The molecule has 11 aromatic carbocycles. The van der Waals surface area contributed by atoms with E-state index in [1.807, 2.05) is 0 Å². The summed E-state index contributed by atoms with van der Waals surface area (Å²) >= 11 is 0. The molecule has 12 rings (SSSR count). The second kappa shape index (κ2) is 18.5. The maximum Gasteiger partial charge on any atom is 0.0465 e. The third-order valence-corrected chi connectivity index (χ3v) is 14.3. The molecular weight excluding hydrogens is 857 g/mol. The van der Waals surface area contributed by atoms with Crippen LogP contribution in [0.3, 0.4) is 0 Å². The molecule has 1 aliphatic carbocycles. The SMILES string of the molecule is CC1(C)c2ccccc2-c2ccc(N(c3ccc(-c4ccccc4)cc3)c3ccc(-c4ccc(-c5ccc(N(c6ccc(-c7ccccc7)cc6)c6ccc(-c7ccccc7)cc6)cc5)cc4)cc3)cc21. The fraction of sp³-hybridized carbons (Fsp3) is 0.0435. The van der Waals surface area contributed by atoms with Crippen LogP contribution in [0.25, 0.3) is 66.8 Å². The van der Waals surface area contributed by atoms with E-state index < -0.39 is 0 Å². The summed E-state index contributed by atoms with van der Waals surface area (Å²) in [6.07, 6.45) is 0. The van der Waals surface area contributed by atoms with E-state index in [-0.39, 0.29) is 5.41 Å². The molecule has 0 unspecified atom stereocenters. The summed E-state index contributed by atoms with van der Waals surface area (Å²) in [5.41, 5.74) is 23.9. The molecule has 2 nitrogen and oxygen atoms in total. The lowest BCUT2D eigenvalue weighted by Crippen LogP contribution is -2.16. The van der Waals surface area contributed by atoms with Crippen molar-refractivity contribution in [3.8, 4) is 66.8 Å². The number of hydrogen-bond donors (Lipinski definition) is 0. The number of benzene rings is 11. The molecular formula is C69H52N2. The summed E-state index contributed by atoms with van der Waals surface area (Å²) < 4.78 is 0. The lowest BCUT2D eigenvalue weighted by Gasteiger charge is -2.28. The summed E-state index contributed by atoms with van der Waals surface area (Å²) in [6.45, 7) is 4.70.